The van der Waals surface area contributed by atoms with E-state index in [1.807, 2.05) is 36.7 Å². The van der Waals surface area contributed by atoms with E-state index in [4.69, 9.17) is 4.74 Å². The van der Waals surface area contributed by atoms with E-state index >= 15 is 0 Å². The molecule has 1 N–H and O–H groups in total. The number of benzene rings is 1. The highest BCUT2D eigenvalue weighted by molar-refractivity contribution is 7.16. The number of thiophene rings is 1. The molecule has 0 bridgehead atoms. The van der Waals surface area contributed by atoms with E-state index < -0.39 is 0 Å². The van der Waals surface area contributed by atoms with E-state index in [-0.39, 0.29) is 0 Å². The lowest BCUT2D eigenvalue weighted by molar-refractivity contribution is 0.414. The third-order valence-electron chi connectivity index (χ3n) is 3.10. The van der Waals surface area contributed by atoms with Crippen LogP contribution in [0.4, 0.5) is 5.82 Å². The van der Waals surface area contributed by atoms with Crippen LogP contribution in [0.3, 0.4) is 0 Å². The molecule has 3 aromatic rings. The molecule has 0 radical (unpaired) electrons. The maximum atomic E-state index is 5.24. The lowest BCUT2D eigenvalue weighted by atomic mass is 10.1. The third kappa shape index (κ3) is 2.44. The van der Waals surface area contributed by atoms with E-state index in [0.29, 0.717) is 6.42 Å². The van der Waals surface area contributed by atoms with Gasteiger partial charge in [-0.1, -0.05) is 12.1 Å². The van der Waals surface area contributed by atoms with Crippen LogP contribution in [0.25, 0.3) is 10.2 Å². The fourth-order valence-electron chi connectivity index (χ4n) is 2.13. The Morgan fingerprint density at radius 2 is 2.15 bits per heavy atom. The highest BCUT2D eigenvalue weighted by Gasteiger charge is 2.08. The Hall–Kier alpha value is -2.14. The predicted octanol–water partition coefficient (Wildman–Crippen LogP) is 3.33. The van der Waals surface area contributed by atoms with Gasteiger partial charge in [-0.05, 0) is 29.1 Å². The first-order valence-electron chi connectivity index (χ1n) is 6.35. The van der Waals surface area contributed by atoms with E-state index in [9.17, 15) is 0 Å². The van der Waals surface area contributed by atoms with Gasteiger partial charge >= 0.3 is 0 Å². The SMILES string of the molecule is CNc1nc(Cc2cccc(OC)c2)nc2sccc12. The zero-order chi connectivity index (χ0) is 13.9. The summed E-state index contributed by atoms with van der Waals surface area (Å²) in [4.78, 5) is 10.2. The van der Waals surface area contributed by atoms with Crippen molar-refractivity contribution in [2.75, 3.05) is 19.5 Å². The largest absolute Gasteiger partial charge is 0.497 e. The molecule has 0 fully saturated rings. The molecule has 0 atom stereocenters. The Kier molecular flexibility index (Phi) is 3.52. The molecule has 2 heterocycles. The lowest BCUT2D eigenvalue weighted by Gasteiger charge is -2.06. The average molecular weight is 285 g/mol. The van der Waals surface area contributed by atoms with Crippen molar-refractivity contribution in [1.82, 2.24) is 9.97 Å². The first kappa shape index (κ1) is 12.9. The van der Waals surface area contributed by atoms with Gasteiger partial charge in [-0.25, -0.2) is 9.97 Å². The molecule has 0 amide bonds. The first-order chi connectivity index (χ1) is 9.80. The molecule has 0 saturated carbocycles. The number of nitrogens with zero attached hydrogens (tertiary/aromatic N) is 2. The Balaban J connectivity index is 1.97. The van der Waals surface area contributed by atoms with Crippen molar-refractivity contribution in [2.45, 2.75) is 6.42 Å². The zero-order valence-corrected chi connectivity index (χ0v) is 12.2. The van der Waals surface area contributed by atoms with Crippen LogP contribution in [-0.4, -0.2) is 24.1 Å². The fraction of sp³-hybridized carbons (Fsp3) is 0.200. The summed E-state index contributed by atoms with van der Waals surface area (Å²) in [5, 5.41) is 6.25. The van der Waals surface area contributed by atoms with Gasteiger partial charge in [0.15, 0.2) is 0 Å². The van der Waals surface area contributed by atoms with Gasteiger partial charge < -0.3 is 10.1 Å². The number of fused-ring (bicyclic) bond motifs is 1. The topological polar surface area (TPSA) is 47.0 Å². The number of aromatic nitrogens is 2. The smallest absolute Gasteiger partial charge is 0.138 e. The van der Waals surface area contributed by atoms with E-state index in [2.05, 4.69) is 21.4 Å². The van der Waals surface area contributed by atoms with Crippen molar-refractivity contribution in [3.63, 3.8) is 0 Å². The molecule has 0 spiro atoms. The van der Waals surface area contributed by atoms with Gasteiger partial charge in [-0.3, -0.25) is 0 Å². The minimum absolute atomic E-state index is 0.694. The molecule has 3 rings (SSSR count). The molecule has 1 aromatic carbocycles. The van der Waals surface area contributed by atoms with Gasteiger partial charge in [0.2, 0.25) is 0 Å². The van der Waals surface area contributed by atoms with Crippen LogP contribution in [0.5, 0.6) is 5.75 Å². The highest BCUT2D eigenvalue weighted by atomic mass is 32.1. The van der Waals surface area contributed by atoms with Crippen molar-refractivity contribution in [2.24, 2.45) is 0 Å². The number of anilines is 1. The summed E-state index contributed by atoms with van der Waals surface area (Å²) in [5.74, 6) is 2.56. The maximum absolute atomic E-state index is 5.24. The normalized spacial score (nSPS) is 10.7. The Morgan fingerprint density at radius 3 is 2.95 bits per heavy atom. The minimum Gasteiger partial charge on any atom is -0.497 e. The summed E-state index contributed by atoms with van der Waals surface area (Å²) in [6.07, 6.45) is 0.694. The highest BCUT2D eigenvalue weighted by Crippen LogP contribution is 2.25. The summed E-state index contributed by atoms with van der Waals surface area (Å²) >= 11 is 1.63. The van der Waals surface area contributed by atoms with Crippen LogP contribution < -0.4 is 10.1 Å². The van der Waals surface area contributed by atoms with Crippen molar-refractivity contribution in [3.8, 4) is 5.75 Å². The minimum atomic E-state index is 0.694. The number of ether oxygens (including phenoxy) is 1. The molecular weight excluding hydrogens is 270 g/mol. The van der Waals surface area contributed by atoms with Gasteiger partial charge in [0.25, 0.3) is 0 Å². The number of rotatable bonds is 4. The molecule has 0 unspecified atom stereocenters. The summed E-state index contributed by atoms with van der Waals surface area (Å²) in [5.41, 5.74) is 1.14. The maximum Gasteiger partial charge on any atom is 0.138 e. The second-order valence-corrected chi connectivity index (χ2v) is 5.30. The summed E-state index contributed by atoms with van der Waals surface area (Å²) in [7, 11) is 3.56. The van der Waals surface area contributed by atoms with Crippen LogP contribution in [0.1, 0.15) is 11.4 Å². The van der Waals surface area contributed by atoms with Crippen molar-refractivity contribution in [1.29, 1.82) is 0 Å². The molecule has 0 aliphatic heterocycles. The second kappa shape index (κ2) is 5.46. The van der Waals surface area contributed by atoms with Crippen LogP contribution in [0.15, 0.2) is 35.7 Å². The van der Waals surface area contributed by atoms with Gasteiger partial charge in [-0.2, -0.15) is 0 Å². The molecule has 102 valence electrons. The Bertz CT molecular complexity index is 739. The lowest BCUT2D eigenvalue weighted by Crippen LogP contribution is -2.01. The molecule has 2 aromatic heterocycles. The Morgan fingerprint density at radius 1 is 1.25 bits per heavy atom. The second-order valence-electron chi connectivity index (χ2n) is 4.41. The van der Waals surface area contributed by atoms with Gasteiger partial charge in [-0.15, -0.1) is 11.3 Å². The van der Waals surface area contributed by atoms with Gasteiger partial charge in [0, 0.05) is 13.5 Å². The standard InChI is InChI=1S/C15H15N3OS/c1-16-14-12-6-7-20-15(12)18-13(17-14)9-10-4-3-5-11(8-10)19-2/h3-8H,9H2,1-2H3,(H,16,17,18). The number of hydrogen-bond donors (Lipinski definition) is 1. The number of nitrogens with one attached hydrogen (secondary N) is 1. The monoisotopic (exact) mass is 285 g/mol. The third-order valence-corrected chi connectivity index (χ3v) is 3.91. The average Bonchev–Trinajstić information content (AvgIpc) is 2.95. The van der Waals surface area contributed by atoms with E-state index in [1.54, 1.807) is 18.4 Å². The molecule has 0 saturated heterocycles. The quantitative estimate of drug-likeness (QED) is 0.798. The van der Waals surface area contributed by atoms with Crippen LogP contribution in [0.2, 0.25) is 0 Å². The first-order valence-corrected chi connectivity index (χ1v) is 7.23. The predicted molar refractivity (Wildman–Crippen MR) is 82.8 cm³/mol. The van der Waals surface area contributed by atoms with Crippen LogP contribution >= 0.6 is 11.3 Å². The number of hydrogen-bond acceptors (Lipinski definition) is 5. The molecule has 20 heavy (non-hydrogen) atoms. The van der Waals surface area contributed by atoms with Crippen molar-refractivity contribution < 1.29 is 4.74 Å². The fourth-order valence-corrected chi connectivity index (χ4v) is 2.92. The summed E-state index contributed by atoms with van der Waals surface area (Å²) < 4.78 is 5.24. The van der Waals surface area contributed by atoms with E-state index in [0.717, 1.165) is 33.2 Å². The molecule has 0 aliphatic carbocycles. The molecule has 5 heteroatoms. The number of methoxy groups -OCH3 is 1. The zero-order valence-electron chi connectivity index (χ0n) is 11.4. The van der Waals surface area contributed by atoms with E-state index in [1.165, 1.54) is 0 Å². The molecular formula is C15H15N3OS. The van der Waals surface area contributed by atoms with Crippen LogP contribution in [-0.2, 0) is 6.42 Å². The van der Waals surface area contributed by atoms with Gasteiger partial charge in [0.1, 0.15) is 22.2 Å². The summed E-state index contributed by atoms with van der Waals surface area (Å²) in [6, 6.07) is 10.0. The van der Waals surface area contributed by atoms with Crippen LogP contribution in [0, 0.1) is 0 Å². The Labute approximate surface area is 121 Å². The van der Waals surface area contributed by atoms with Crippen molar-refractivity contribution in [3.05, 3.63) is 47.1 Å². The summed E-state index contributed by atoms with van der Waals surface area (Å²) in [6.45, 7) is 0. The molecule has 0 aliphatic rings. The van der Waals surface area contributed by atoms with Gasteiger partial charge in [0.05, 0.1) is 12.5 Å². The van der Waals surface area contributed by atoms with Crippen molar-refractivity contribution >= 4 is 27.4 Å². The molecule has 4 nitrogen and oxygen atoms in total.